The predicted molar refractivity (Wildman–Crippen MR) is 67.8 cm³/mol. The second-order valence-electron chi connectivity index (χ2n) is 4.70. The van der Waals surface area contributed by atoms with Gasteiger partial charge in [-0.15, -0.1) is 0 Å². The van der Waals surface area contributed by atoms with Gasteiger partial charge in [-0.2, -0.15) is 0 Å². The van der Waals surface area contributed by atoms with Crippen molar-refractivity contribution in [2.45, 2.75) is 25.3 Å². The van der Waals surface area contributed by atoms with Gasteiger partial charge in [0.15, 0.2) is 0 Å². The van der Waals surface area contributed by atoms with E-state index in [-0.39, 0.29) is 5.56 Å². The molecule has 2 aromatic rings. The van der Waals surface area contributed by atoms with E-state index < -0.39 is 5.97 Å². The average Bonchev–Trinajstić information content (AvgIpc) is 3.07. The lowest BCUT2D eigenvalue weighted by Gasteiger charge is -1.98. The highest BCUT2D eigenvalue weighted by Gasteiger charge is 2.19. The maximum absolute atomic E-state index is 10.9. The van der Waals surface area contributed by atoms with Crippen LogP contribution < -0.4 is 5.32 Å². The second-order valence-corrected chi connectivity index (χ2v) is 4.70. The second kappa shape index (κ2) is 4.42. The molecule has 0 saturated heterocycles. The summed E-state index contributed by atoms with van der Waals surface area (Å²) in [4.78, 5) is 18.5. The summed E-state index contributed by atoms with van der Waals surface area (Å²) in [6.07, 6.45) is 3.40. The van der Waals surface area contributed by atoms with Gasteiger partial charge in [-0.05, 0) is 31.0 Å². The Morgan fingerprint density at radius 2 is 2.33 bits per heavy atom. The molecule has 0 bridgehead atoms. The first-order chi connectivity index (χ1) is 8.72. The van der Waals surface area contributed by atoms with E-state index in [9.17, 15) is 4.79 Å². The lowest BCUT2D eigenvalue weighted by molar-refractivity contribution is 0.0697. The van der Waals surface area contributed by atoms with Crippen LogP contribution in [0.2, 0.25) is 0 Å². The number of carboxylic acids is 1. The molecule has 0 atom stereocenters. The number of nitrogens with one attached hydrogen (secondary N) is 2. The molecule has 18 heavy (non-hydrogen) atoms. The first-order valence-electron chi connectivity index (χ1n) is 6.18. The third-order valence-electron chi connectivity index (χ3n) is 3.15. The van der Waals surface area contributed by atoms with E-state index in [0.717, 1.165) is 29.8 Å². The summed E-state index contributed by atoms with van der Waals surface area (Å²) in [5, 5.41) is 12.3. The van der Waals surface area contributed by atoms with E-state index >= 15 is 0 Å². The van der Waals surface area contributed by atoms with Crippen LogP contribution in [-0.2, 0) is 6.42 Å². The molecule has 1 fully saturated rings. The minimum atomic E-state index is -0.913. The van der Waals surface area contributed by atoms with Crippen LogP contribution in [-0.4, -0.2) is 33.6 Å². The third kappa shape index (κ3) is 2.36. The van der Waals surface area contributed by atoms with Crippen molar-refractivity contribution >= 4 is 17.0 Å². The molecule has 3 N–H and O–H groups in total. The van der Waals surface area contributed by atoms with Crippen molar-refractivity contribution in [2.24, 2.45) is 0 Å². The molecule has 5 heteroatoms. The summed E-state index contributed by atoms with van der Waals surface area (Å²) in [6, 6.07) is 5.65. The number of benzene rings is 1. The van der Waals surface area contributed by atoms with Crippen LogP contribution in [0.1, 0.15) is 29.0 Å². The summed E-state index contributed by atoms with van der Waals surface area (Å²) in [5.74, 6) is -0.0101. The van der Waals surface area contributed by atoms with Crippen LogP contribution in [0, 0.1) is 0 Å². The fraction of sp³-hybridized carbons (Fsp3) is 0.385. The van der Waals surface area contributed by atoms with E-state index in [2.05, 4.69) is 15.3 Å². The van der Waals surface area contributed by atoms with E-state index in [4.69, 9.17) is 5.11 Å². The molecule has 0 spiro atoms. The Balaban J connectivity index is 1.74. The van der Waals surface area contributed by atoms with Crippen molar-refractivity contribution in [1.29, 1.82) is 0 Å². The van der Waals surface area contributed by atoms with Crippen molar-refractivity contribution in [3.63, 3.8) is 0 Å². The Hall–Kier alpha value is -1.88. The maximum Gasteiger partial charge on any atom is 0.335 e. The van der Waals surface area contributed by atoms with Crippen LogP contribution in [0.4, 0.5) is 0 Å². The Bertz CT molecular complexity index is 587. The van der Waals surface area contributed by atoms with Crippen LogP contribution >= 0.6 is 0 Å². The number of hydrogen-bond donors (Lipinski definition) is 3. The summed E-state index contributed by atoms with van der Waals surface area (Å²) < 4.78 is 0. The van der Waals surface area contributed by atoms with Gasteiger partial charge in [-0.3, -0.25) is 0 Å². The number of hydrogen-bond acceptors (Lipinski definition) is 3. The fourth-order valence-corrected chi connectivity index (χ4v) is 2.00. The normalized spacial score (nSPS) is 15.1. The number of aromatic amines is 1. The molecule has 1 saturated carbocycles. The molecule has 1 heterocycles. The van der Waals surface area contributed by atoms with Crippen LogP contribution in [0.25, 0.3) is 11.0 Å². The van der Waals surface area contributed by atoms with Gasteiger partial charge >= 0.3 is 5.97 Å². The number of carboxylic acid groups (broad SMARTS) is 1. The smallest absolute Gasteiger partial charge is 0.335 e. The zero-order valence-corrected chi connectivity index (χ0v) is 9.94. The lowest BCUT2D eigenvalue weighted by Crippen LogP contribution is -2.19. The molecule has 0 aliphatic heterocycles. The van der Waals surface area contributed by atoms with E-state index in [1.54, 1.807) is 18.2 Å². The zero-order chi connectivity index (χ0) is 12.5. The molecule has 5 nitrogen and oxygen atoms in total. The summed E-state index contributed by atoms with van der Waals surface area (Å²) in [5.41, 5.74) is 1.89. The predicted octanol–water partition coefficient (Wildman–Crippen LogP) is 1.56. The number of nitrogens with zero attached hydrogens (tertiary/aromatic N) is 1. The number of H-pyrrole nitrogens is 1. The Labute approximate surface area is 104 Å². The molecule has 0 unspecified atom stereocenters. The van der Waals surface area contributed by atoms with E-state index in [1.807, 2.05) is 0 Å². The molecule has 1 aliphatic rings. The number of aromatic nitrogens is 2. The van der Waals surface area contributed by atoms with Crippen LogP contribution in [0.5, 0.6) is 0 Å². The van der Waals surface area contributed by atoms with E-state index in [1.165, 1.54) is 12.8 Å². The molecule has 3 rings (SSSR count). The number of aromatic carboxylic acids is 1. The van der Waals surface area contributed by atoms with Gasteiger partial charge in [-0.1, -0.05) is 0 Å². The van der Waals surface area contributed by atoms with Crippen LogP contribution in [0.15, 0.2) is 18.2 Å². The third-order valence-corrected chi connectivity index (χ3v) is 3.15. The Morgan fingerprint density at radius 3 is 3.06 bits per heavy atom. The number of imidazole rings is 1. The molecule has 1 aromatic heterocycles. The Morgan fingerprint density at radius 1 is 1.50 bits per heavy atom. The number of carbonyl (C=O) groups is 1. The van der Waals surface area contributed by atoms with Gasteiger partial charge in [0.2, 0.25) is 0 Å². The van der Waals surface area contributed by atoms with Crippen LogP contribution in [0.3, 0.4) is 0 Å². The molecule has 1 aliphatic carbocycles. The minimum Gasteiger partial charge on any atom is -0.478 e. The molecule has 94 valence electrons. The fourth-order valence-electron chi connectivity index (χ4n) is 2.00. The van der Waals surface area contributed by atoms with Crippen molar-refractivity contribution in [3.8, 4) is 0 Å². The highest BCUT2D eigenvalue weighted by molar-refractivity contribution is 5.92. The monoisotopic (exact) mass is 245 g/mol. The largest absolute Gasteiger partial charge is 0.478 e. The van der Waals surface area contributed by atoms with Crippen molar-refractivity contribution in [1.82, 2.24) is 15.3 Å². The topological polar surface area (TPSA) is 78.0 Å². The number of fused-ring (bicyclic) bond motifs is 1. The zero-order valence-electron chi connectivity index (χ0n) is 9.94. The van der Waals surface area contributed by atoms with Crippen molar-refractivity contribution in [3.05, 3.63) is 29.6 Å². The van der Waals surface area contributed by atoms with Gasteiger partial charge in [0.1, 0.15) is 5.82 Å². The highest BCUT2D eigenvalue weighted by Crippen LogP contribution is 2.18. The molecular weight excluding hydrogens is 230 g/mol. The first kappa shape index (κ1) is 11.2. The molecule has 1 aromatic carbocycles. The minimum absolute atomic E-state index is 0.286. The molecular formula is C13H15N3O2. The Kier molecular flexibility index (Phi) is 2.76. The van der Waals surface area contributed by atoms with Crippen molar-refractivity contribution in [2.75, 3.05) is 6.54 Å². The van der Waals surface area contributed by atoms with E-state index in [0.29, 0.717) is 6.04 Å². The van der Waals surface area contributed by atoms with Crippen molar-refractivity contribution < 1.29 is 9.90 Å². The maximum atomic E-state index is 10.9. The highest BCUT2D eigenvalue weighted by atomic mass is 16.4. The SMILES string of the molecule is O=C(O)c1ccc2nc(CCNC3CC3)[nH]c2c1. The lowest BCUT2D eigenvalue weighted by atomic mass is 10.2. The van der Waals surface area contributed by atoms with Gasteiger partial charge in [0.05, 0.1) is 16.6 Å². The quantitative estimate of drug-likeness (QED) is 0.747. The first-order valence-corrected chi connectivity index (χ1v) is 6.18. The number of rotatable bonds is 5. The van der Waals surface area contributed by atoms with Gasteiger partial charge in [0, 0.05) is 19.0 Å². The average molecular weight is 245 g/mol. The van der Waals surface area contributed by atoms with Gasteiger partial charge < -0.3 is 15.4 Å². The summed E-state index contributed by atoms with van der Waals surface area (Å²) in [7, 11) is 0. The molecule has 0 amide bonds. The van der Waals surface area contributed by atoms with Gasteiger partial charge in [-0.25, -0.2) is 9.78 Å². The van der Waals surface area contributed by atoms with Gasteiger partial charge in [0.25, 0.3) is 0 Å². The summed E-state index contributed by atoms with van der Waals surface area (Å²) >= 11 is 0. The molecule has 0 radical (unpaired) electrons. The standard InChI is InChI=1S/C13H15N3O2/c17-13(18)8-1-4-10-11(7-8)16-12(15-10)5-6-14-9-2-3-9/h1,4,7,9,14H,2-3,5-6H2,(H,15,16)(H,17,18). The summed E-state index contributed by atoms with van der Waals surface area (Å²) in [6.45, 7) is 0.913.